The highest BCUT2D eigenvalue weighted by Gasteiger charge is 2.11. The molecule has 0 aliphatic heterocycles. The highest BCUT2D eigenvalue weighted by Crippen LogP contribution is 2.28. The lowest BCUT2D eigenvalue weighted by atomic mass is 10.1. The molecule has 1 aromatic heterocycles. The first kappa shape index (κ1) is 16.8. The SMILES string of the molecule is CCOC(=O)c1ccc2nc(C)cc(Nc3ccc(OC)cc3)c2c1. The lowest BCUT2D eigenvalue weighted by Crippen LogP contribution is -2.05. The Morgan fingerprint density at radius 3 is 2.56 bits per heavy atom. The van der Waals surface area contributed by atoms with Crippen LogP contribution >= 0.6 is 0 Å². The smallest absolute Gasteiger partial charge is 0.338 e. The summed E-state index contributed by atoms with van der Waals surface area (Å²) in [6, 6.07) is 15.0. The van der Waals surface area contributed by atoms with Gasteiger partial charge in [0.25, 0.3) is 0 Å². The minimum atomic E-state index is -0.333. The van der Waals surface area contributed by atoms with E-state index in [9.17, 15) is 4.79 Å². The maximum atomic E-state index is 12.0. The fourth-order valence-electron chi connectivity index (χ4n) is 2.63. The summed E-state index contributed by atoms with van der Waals surface area (Å²) in [4.78, 5) is 16.6. The number of nitrogens with one attached hydrogen (secondary N) is 1. The van der Waals surface area contributed by atoms with Gasteiger partial charge < -0.3 is 14.8 Å². The summed E-state index contributed by atoms with van der Waals surface area (Å²) in [5, 5.41) is 4.26. The number of hydrogen-bond donors (Lipinski definition) is 1. The van der Waals surface area contributed by atoms with E-state index < -0.39 is 0 Å². The molecule has 5 heteroatoms. The molecule has 2 aromatic carbocycles. The van der Waals surface area contributed by atoms with E-state index in [0.29, 0.717) is 12.2 Å². The average Bonchev–Trinajstić information content (AvgIpc) is 2.62. The maximum Gasteiger partial charge on any atom is 0.338 e. The molecule has 0 aliphatic rings. The van der Waals surface area contributed by atoms with Gasteiger partial charge in [0.1, 0.15) is 5.75 Å². The monoisotopic (exact) mass is 336 g/mol. The number of carbonyl (C=O) groups excluding carboxylic acids is 1. The van der Waals surface area contributed by atoms with Gasteiger partial charge in [-0.25, -0.2) is 4.79 Å². The number of aryl methyl sites for hydroxylation is 1. The molecule has 128 valence electrons. The summed E-state index contributed by atoms with van der Waals surface area (Å²) < 4.78 is 10.3. The third-order valence-corrected chi connectivity index (χ3v) is 3.82. The highest BCUT2D eigenvalue weighted by atomic mass is 16.5. The molecule has 0 atom stereocenters. The summed E-state index contributed by atoms with van der Waals surface area (Å²) >= 11 is 0. The number of anilines is 2. The Morgan fingerprint density at radius 1 is 1.12 bits per heavy atom. The van der Waals surface area contributed by atoms with Gasteiger partial charge in [0.05, 0.1) is 24.8 Å². The molecular weight excluding hydrogens is 316 g/mol. The van der Waals surface area contributed by atoms with Gasteiger partial charge in [-0.05, 0) is 62.4 Å². The van der Waals surface area contributed by atoms with Crippen molar-refractivity contribution in [3.63, 3.8) is 0 Å². The molecule has 1 heterocycles. The molecule has 0 saturated heterocycles. The van der Waals surface area contributed by atoms with E-state index in [-0.39, 0.29) is 5.97 Å². The standard InChI is InChI=1S/C20H20N2O3/c1-4-25-20(23)14-5-10-18-17(12-14)19(11-13(2)21-18)22-15-6-8-16(24-3)9-7-15/h5-12H,4H2,1-3H3,(H,21,22). The minimum Gasteiger partial charge on any atom is -0.497 e. The van der Waals surface area contributed by atoms with Crippen LogP contribution in [0.5, 0.6) is 5.75 Å². The van der Waals surface area contributed by atoms with Crippen molar-refractivity contribution in [2.75, 3.05) is 19.0 Å². The van der Waals surface area contributed by atoms with Crippen LogP contribution in [0.4, 0.5) is 11.4 Å². The molecule has 0 fully saturated rings. The van der Waals surface area contributed by atoms with Crippen LogP contribution in [0.3, 0.4) is 0 Å². The lowest BCUT2D eigenvalue weighted by Gasteiger charge is -2.12. The number of methoxy groups -OCH3 is 1. The number of fused-ring (bicyclic) bond motifs is 1. The molecule has 1 N–H and O–H groups in total. The second-order valence-electron chi connectivity index (χ2n) is 5.62. The van der Waals surface area contributed by atoms with Crippen molar-refractivity contribution in [3.05, 3.63) is 59.8 Å². The van der Waals surface area contributed by atoms with E-state index in [1.54, 1.807) is 20.1 Å². The van der Waals surface area contributed by atoms with E-state index in [0.717, 1.165) is 33.7 Å². The van der Waals surface area contributed by atoms with Crippen LogP contribution in [0, 0.1) is 6.92 Å². The Balaban J connectivity index is 2.02. The summed E-state index contributed by atoms with van der Waals surface area (Å²) in [6.45, 7) is 4.08. The van der Waals surface area contributed by atoms with Crippen molar-refractivity contribution in [1.29, 1.82) is 0 Å². The number of nitrogens with zero attached hydrogens (tertiary/aromatic N) is 1. The molecule has 0 saturated carbocycles. The van der Waals surface area contributed by atoms with Gasteiger partial charge >= 0.3 is 5.97 Å². The van der Waals surface area contributed by atoms with E-state index in [1.165, 1.54) is 0 Å². The average molecular weight is 336 g/mol. The van der Waals surface area contributed by atoms with Crippen LogP contribution in [-0.4, -0.2) is 24.7 Å². The molecule has 25 heavy (non-hydrogen) atoms. The Bertz CT molecular complexity index is 905. The topological polar surface area (TPSA) is 60.5 Å². The molecule has 0 unspecified atom stereocenters. The zero-order chi connectivity index (χ0) is 17.8. The van der Waals surface area contributed by atoms with Gasteiger partial charge in [-0.2, -0.15) is 0 Å². The van der Waals surface area contributed by atoms with Gasteiger partial charge in [-0.3, -0.25) is 4.98 Å². The maximum absolute atomic E-state index is 12.0. The van der Waals surface area contributed by atoms with Crippen molar-refractivity contribution in [3.8, 4) is 5.75 Å². The van der Waals surface area contributed by atoms with E-state index in [2.05, 4.69) is 10.3 Å². The minimum absolute atomic E-state index is 0.333. The summed E-state index contributed by atoms with van der Waals surface area (Å²) in [6.07, 6.45) is 0. The number of rotatable bonds is 5. The number of carbonyl (C=O) groups is 1. The highest BCUT2D eigenvalue weighted by molar-refractivity contribution is 5.99. The van der Waals surface area contributed by atoms with Crippen LogP contribution in [-0.2, 0) is 4.74 Å². The van der Waals surface area contributed by atoms with Gasteiger partial charge in [-0.1, -0.05) is 0 Å². The molecule has 0 aliphatic carbocycles. The quantitative estimate of drug-likeness (QED) is 0.697. The number of esters is 1. The zero-order valence-electron chi connectivity index (χ0n) is 14.5. The number of pyridine rings is 1. The van der Waals surface area contributed by atoms with Crippen molar-refractivity contribution in [2.24, 2.45) is 0 Å². The molecule has 0 bridgehead atoms. The largest absolute Gasteiger partial charge is 0.497 e. The Morgan fingerprint density at radius 2 is 1.88 bits per heavy atom. The van der Waals surface area contributed by atoms with Crippen molar-refractivity contribution in [1.82, 2.24) is 4.98 Å². The van der Waals surface area contributed by atoms with Gasteiger partial charge in [-0.15, -0.1) is 0 Å². The van der Waals surface area contributed by atoms with Crippen molar-refractivity contribution >= 4 is 28.2 Å². The van der Waals surface area contributed by atoms with Gasteiger partial charge in [0.15, 0.2) is 0 Å². The van der Waals surface area contributed by atoms with Crippen LogP contribution in [0.1, 0.15) is 23.0 Å². The van der Waals surface area contributed by atoms with Crippen LogP contribution in [0.15, 0.2) is 48.5 Å². The fraction of sp³-hybridized carbons (Fsp3) is 0.200. The predicted molar refractivity (Wildman–Crippen MR) is 98.7 cm³/mol. The van der Waals surface area contributed by atoms with Crippen molar-refractivity contribution < 1.29 is 14.3 Å². The molecule has 5 nitrogen and oxygen atoms in total. The first-order valence-electron chi connectivity index (χ1n) is 8.10. The second kappa shape index (κ2) is 7.21. The Hall–Kier alpha value is -3.08. The zero-order valence-corrected chi connectivity index (χ0v) is 14.5. The van der Waals surface area contributed by atoms with Gasteiger partial charge in [0.2, 0.25) is 0 Å². The Kier molecular flexibility index (Phi) is 4.84. The first-order chi connectivity index (χ1) is 12.1. The fourth-order valence-corrected chi connectivity index (χ4v) is 2.63. The molecule has 0 radical (unpaired) electrons. The van der Waals surface area contributed by atoms with E-state index in [1.807, 2.05) is 49.4 Å². The number of hydrogen-bond acceptors (Lipinski definition) is 5. The molecule has 3 aromatic rings. The third kappa shape index (κ3) is 3.71. The van der Waals surface area contributed by atoms with Gasteiger partial charge in [0, 0.05) is 22.5 Å². The van der Waals surface area contributed by atoms with E-state index in [4.69, 9.17) is 9.47 Å². The predicted octanol–water partition coefficient (Wildman–Crippen LogP) is 4.47. The number of benzene rings is 2. The van der Waals surface area contributed by atoms with Crippen LogP contribution in [0.2, 0.25) is 0 Å². The molecule has 0 amide bonds. The first-order valence-corrected chi connectivity index (χ1v) is 8.10. The summed E-state index contributed by atoms with van der Waals surface area (Å²) in [5.74, 6) is 0.464. The normalized spacial score (nSPS) is 10.5. The molecule has 3 rings (SSSR count). The van der Waals surface area contributed by atoms with Crippen LogP contribution < -0.4 is 10.1 Å². The summed E-state index contributed by atoms with van der Waals surface area (Å²) in [7, 11) is 1.64. The van der Waals surface area contributed by atoms with Crippen molar-refractivity contribution in [2.45, 2.75) is 13.8 Å². The molecular formula is C20H20N2O3. The second-order valence-corrected chi connectivity index (χ2v) is 5.62. The third-order valence-electron chi connectivity index (χ3n) is 3.82. The number of ether oxygens (including phenoxy) is 2. The molecule has 0 spiro atoms. The summed E-state index contributed by atoms with van der Waals surface area (Å²) in [5.41, 5.74) is 4.04. The van der Waals surface area contributed by atoms with Crippen LogP contribution in [0.25, 0.3) is 10.9 Å². The lowest BCUT2D eigenvalue weighted by molar-refractivity contribution is 0.0526. The number of aromatic nitrogens is 1. The Labute approximate surface area is 146 Å². The van der Waals surface area contributed by atoms with E-state index >= 15 is 0 Å².